The number of fused-ring (bicyclic) bond motifs is 1. The van der Waals surface area contributed by atoms with Crippen LogP contribution in [0, 0.1) is 0 Å². The molecule has 0 spiro atoms. The number of benzene rings is 2. The highest BCUT2D eigenvalue weighted by Gasteiger charge is 2.15. The van der Waals surface area contributed by atoms with Crippen LogP contribution in [0.2, 0.25) is 5.02 Å². The van der Waals surface area contributed by atoms with E-state index in [2.05, 4.69) is 18.8 Å². The number of hydrogen-bond acceptors (Lipinski definition) is 5. The number of nitrogens with one attached hydrogen (secondary N) is 1. The Labute approximate surface area is 189 Å². The molecule has 1 atom stereocenters. The summed E-state index contributed by atoms with van der Waals surface area (Å²) in [5, 5.41) is 3.39. The van der Waals surface area contributed by atoms with E-state index in [1.54, 1.807) is 18.2 Å². The van der Waals surface area contributed by atoms with Crippen LogP contribution in [0.25, 0.3) is 16.6 Å². The number of carbonyl (C=O) groups excluding carboxylic acids is 2. The number of amides is 3. The maximum atomic E-state index is 13.3. The number of hydrogen-bond donors (Lipinski definition) is 2. The van der Waals surface area contributed by atoms with Crippen LogP contribution in [0.5, 0.6) is 0 Å². The fraction of sp³-hybridized carbons (Fsp3) is 0.273. The first-order chi connectivity index (χ1) is 14.8. The minimum absolute atomic E-state index is 0.0456. The van der Waals surface area contributed by atoms with Gasteiger partial charge in [0.15, 0.2) is 5.16 Å². The summed E-state index contributed by atoms with van der Waals surface area (Å²) >= 11 is 7.33. The lowest BCUT2D eigenvalue weighted by atomic mass is 9.98. The average Bonchev–Trinajstić information content (AvgIpc) is 2.72. The number of thioether (sulfide) groups is 1. The van der Waals surface area contributed by atoms with E-state index in [9.17, 15) is 14.4 Å². The Balaban J connectivity index is 2.01. The summed E-state index contributed by atoms with van der Waals surface area (Å²) in [5.74, 6) is 0.235. The van der Waals surface area contributed by atoms with Crippen molar-refractivity contribution in [1.82, 2.24) is 14.9 Å². The van der Waals surface area contributed by atoms with Crippen molar-refractivity contribution in [2.45, 2.75) is 37.8 Å². The maximum absolute atomic E-state index is 13.3. The summed E-state index contributed by atoms with van der Waals surface area (Å²) in [6.45, 7) is 4.28. The van der Waals surface area contributed by atoms with Crippen molar-refractivity contribution in [3.8, 4) is 5.69 Å². The van der Waals surface area contributed by atoms with E-state index < -0.39 is 11.9 Å². The molecule has 1 unspecified atom stereocenters. The van der Waals surface area contributed by atoms with Crippen LogP contribution in [0.4, 0.5) is 4.79 Å². The maximum Gasteiger partial charge on any atom is 0.318 e. The van der Waals surface area contributed by atoms with Crippen LogP contribution >= 0.6 is 23.4 Å². The first kappa shape index (κ1) is 22.8. The quantitative estimate of drug-likeness (QED) is 0.407. The molecular formula is C22H23ClN4O3S. The van der Waals surface area contributed by atoms with E-state index in [-0.39, 0.29) is 12.0 Å². The third kappa shape index (κ3) is 5.45. The molecular weight excluding hydrogens is 436 g/mol. The number of halogens is 1. The van der Waals surface area contributed by atoms with Crippen molar-refractivity contribution in [3.05, 3.63) is 63.4 Å². The van der Waals surface area contributed by atoms with Gasteiger partial charge in [-0.2, -0.15) is 0 Å². The van der Waals surface area contributed by atoms with Gasteiger partial charge in [-0.05, 0) is 48.2 Å². The van der Waals surface area contributed by atoms with E-state index in [0.29, 0.717) is 38.4 Å². The number of nitrogens with two attached hydrogens (primary N) is 1. The number of urea groups is 1. The molecule has 0 aliphatic rings. The standard InChI is InChI=1S/C22H23ClN4O3S/c1-3-13(2)14-4-7-16(8-5-14)27-20(29)17-9-6-15(23)12-18(17)25-22(27)31-11-10-19(28)26-21(24)30/h4-9,12-13H,3,10-11H2,1-2H3,(H3,24,26,28,30). The topological polar surface area (TPSA) is 107 Å². The van der Waals surface area contributed by atoms with Gasteiger partial charge in [-0.1, -0.05) is 49.3 Å². The van der Waals surface area contributed by atoms with Crippen molar-refractivity contribution in [2.24, 2.45) is 5.73 Å². The molecule has 0 saturated heterocycles. The molecule has 162 valence electrons. The molecule has 1 aromatic heterocycles. The minimum atomic E-state index is -0.897. The Morgan fingerprint density at radius 1 is 1.23 bits per heavy atom. The highest BCUT2D eigenvalue weighted by atomic mass is 35.5. The number of imide groups is 1. The molecule has 31 heavy (non-hydrogen) atoms. The first-order valence-corrected chi connectivity index (χ1v) is 11.2. The molecule has 3 amide bonds. The van der Waals surface area contributed by atoms with Crippen molar-refractivity contribution in [2.75, 3.05) is 5.75 Å². The number of aromatic nitrogens is 2. The van der Waals surface area contributed by atoms with Crippen LogP contribution in [-0.2, 0) is 4.79 Å². The minimum Gasteiger partial charge on any atom is -0.351 e. The van der Waals surface area contributed by atoms with Gasteiger partial charge in [0, 0.05) is 17.2 Å². The SMILES string of the molecule is CCC(C)c1ccc(-n2c(SCCC(=O)NC(N)=O)nc3cc(Cl)ccc3c2=O)cc1. The molecule has 9 heteroatoms. The van der Waals surface area contributed by atoms with Gasteiger partial charge in [-0.25, -0.2) is 9.78 Å². The van der Waals surface area contributed by atoms with Gasteiger partial charge >= 0.3 is 6.03 Å². The van der Waals surface area contributed by atoms with Crippen LogP contribution in [0.3, 0.4) is 0 Å². The average molecular weight is 459 g/mol. The monoisotopic (exact) mass is 458 g/mol. The van der Waals surface area contributed by atoms with Gasteiger partial charge < -0.3 is 5.73 Å². The Hall–Kier alpha value is -2.84. The fourth-order valence-corrected chi connectivity index (χ4v) is 4.20. The van der Waals surface area contributed by atoms with Crippen LogP contribution in [0.15, 0.2) is 52.4 Å². The van der Waals surface area contributed by atoms with E-state index >= 15 is 0 Å². The number of rotatable bonds is 7. The first-order valence-electron chi connectivity index (χ1n) is 9.85. The fourth-order valence-electron chi connectivity index (χ4n) is 3.09. The van der Waals surface area contributed by atoms with Crippen molar-refractivity contribution in [1.29, 1.82) is 0 Å². The van der Waals surface area contributed by atoms with Gasteiger partial charge in [0.25, 0.3) is 5.56 Å². The summed E-state index contributed by atoms with van der Waals surface area (Å²) < 4.78 is 1.54. The zero-order chi connectivity index (χ0) is 22.5. The number of carbonyl (C=O) groups is 2. The van der Waals surface area contributed by atoms with E-state index in [0.717, 1.165) is 6.42 Å². The second-order valence-electron chi connectivity index (χ2n) is 7.11. The van der Waals surface area contributed by atoms with Gasteiger partial charge in [0.1, 0.15) is 0 Å². The van der Waals surface area contributed by atoms with Gasteiger partial charge in [0.05, 0.1) is 16.6 Å². The van der Waals surface area contributed by atoms with E-state index in [4.69, 9.17) is 17.3 Å². The van der Waals surface area contributed by atoms with E-state index in [1.807, 2.05) is 29.6 Å². The van der Waals surface area contributed by atoms with Crippen LogP contribution < -0.4 is 16.6 Å². The highest BCUT2D eigenvalue weighted by Crippen LogP contribution is 2.25. The molecule has 1 heterocycles. The normalized spacial score (nSPS) is 12.0. The summed E-state index contributed by atoms with van der Waals surface area (Å²) in [6, 6.07) is 11.9. The Morgan fingerprint density at radius 2 is 1.94 bits per heavy atom. The third-order valence-electron chi connectivity index (χ3n) is 4.96. The molecule has 3 rings (SSSR count). The Kier molecular flexibility index (Phi) is 7.35. The van der Waals surface area contributed by atoms with Crippen molar-refractivity contribution < 1.29 is 9.59 Å². The summed E-state index contributed by atoms with van der Waals surface area (Å²) in [5.41, 5.74) is 7.11. The van der Waals surface area contributed by atoms with Gasteiger partial charge in [-0.15, -0.1) is 0 Å². The van der Waals surface area contributed by atoms with Crippen LogP contribution in [-0.4, -0.2) is 27.2 Å². The number of primary amides is 1. The van der Waals surface area contributed by atoms with E-state index in [1.165, 1.54) is 21.9 Å². The lowest BCUT2D eigenvalue weighted by molar-refractivity contribution is -0.119. The highest BCUT2D eigenvalue weighted by molar-refractivity contribution is 7.99. The lowest BCUT2D eigenvalue weighted by Gasteiger charge is -2.15. The van der Waals surface area contributed by atoms with Crippen molar-refractivity contribution in [3.63, 3.8) is 0 Å². The van der Waals surface area contributed by atoms with Gasteiger partial charge in [-0.3, -0.25) is 19.5 Å². The zero-order valence-electron chi connectivity index (χ0n) is 17.2. The molecule has 0 aliphatic carbocycles. The molecule has 3 N–H and O–H groups in total. The molecule has 3 aromatic rings. The molecule has 0 bridgehead atoms. The predicted molar refractivity (Wildman–Crippen MR) is 124 cm³/mol. The van der Waals surface area contributed by atoms with Gasteiger partial charge in [0.2, 0.25) is 5.91 Å². The molecule has 0 saturated carbocycles. The van der Waals surface area contributed by atoms with Crippen LogP contribution in [0.1, 0.15) is 38.2 Å². The smallest absolute Gasteiger partial charge is 0.318 e. The number of nitrogens with zero attached hydrogens (tertiary/aromatic N) is 2. The zero-order valence-corrected chi connectivity index (χ0v) is 18.8. The second kappa shape index (κ2) is 9.98. The second-order valence-corrected chi connectivity index (χ2v) is 8.61. The molecule has 0 radical (unpaired) electrons. The van der Waals surface area contributed by atoms with Crippen molar-refractivity contribution >= 4 is 46.2 Å². The summed E-state index contributed by atoms with van der Waals surface area (Å²) in [7, 11) is 0. The molecule has 7 nitrogen and oxygen atoms in total. The Bertz CT molecular complexity index is 1180. The Morgan fingerprint density at radius 3 is 2.58 bits per heavy atom. The third-order valence-corrected chi connectivity index (χ3v) is 6.13. The summed E-state index contributed by atoms with van der Waals surface area (Å²) in [6.07, 6.45) is 1.07. The summed E-state index contributed by atoms with van der Waals surface area (Å²) in [4.78, 5) is 40.5. The molecule has 2 aromatic carbocycles. The molecule has 0 fully saturated rings. The predicted octanol–water partition coefficient (Wildman–Crippen LogP) is 4.23. The lowest BCUT2D eigenvalue weighted by Crippen LogP contribution is -2.35. The molecule has 0 aliphatic heterocycles. The largest absolute Gasteiger partial charge is 0.351 e.